The first-order chi connectivity index (χ1) is 7.22. The number of carbonyl (C=O) groups is 1. The van der Waals surface area contributed by atoms with Crippen molar-refractivity contribution in [2.75, 3.05) is 0 Å². The number of rotatable bonds is 3. The number of hydrogen-bond acceptors (Lipinski definition) is 2. The van der Waals surface area contributed by atoms with Crippen LogP contribution in [0.25, 0.3) is 0 Å². The van der Waals surface area contributed by atoms with Crippen molar-refractivity contribution in [3.05, 3.63) is 52.9 Å². The number of hydrogen-bond donors (Lipinski definition) is 0. The average molecular weight is 223 g/mol. The molecule has 0 radical (unpaired) electrons. The van der Waals surface area contributed by atoms with E-state index in [-0.39, 0.29) is 12.4 Å². The lowest BCUT2D eigenvalue weighted by Gasteiger charge is -1.99. The third-order valence-corrected chi connectivity index (χ3v) is 1.94. The van der Waals surface area contributed by atoms with Crippen LogP contribution in [0.3, 0.4) is 0 Å². The summed E-state index contributed by atoms with van der Waals surface area (Å²) in [6, 6.07) is 7.07. The Labute approximate surface area is 93.8 Å². The van der Waals surface area contributed by atoms with Crippen LogP contribution in [0, 0.1) is 0 Å². The molecular weight excluding hydrogens is 212 g/mol. The third-order valence-electron chi connectivity index (χ3n) is 1.69. The molecule has 0 spiro atoms. The summed E-state index contributed by atoms with van der Waals surface area (Å²) in [6.45, 7) is 1.80. The van der Waals surface area contributed by atoms with E-state index in [1.165, 1.54) is 6.26 Å². The van der Waals surface area contributed by atoms with Gasteiger partial charge in [-0.15, -0.1) is 0 Å². The van der Waals surface area contributed by atoms with E-state index in [0.29, 0.717) is 5.02 Å². The first-order valence-electron chi connectivity index (χ1n) is 4.52. The Hall–Kier alpha value is -1.50. The topological polar surface area (TPSA) is 26.3 Å². The zero-order valence-electron chi connectivity index (χ0n) is 8.37. The van der Waals surface area contributed by atoms with Gasteiger partial charge < -0.3 is 4.74 Å². The minimum Gasteiger partial charge on any atom is -0.426 e. The van der Waals surface area contributed by atoms with Gasteiger partial charge in [0, 0.05) is 5.02 Å². The first kappa shape index (κ1) is 11.6. The molecule has 1 aromatic rings. The predicted octanol–water partition coefficient (Wildman–Crippen LogP) is 3.11. The molecule has 1 rings (SSSR count). The molecule has 0 fully saturated rings. The van der Waals surface area contributed by atoms with E-state index in [0.717, 1.165) is 5.56 Å². The highest BCUT2D eigenvalue weighted by atomic mass is 35.5. The van der Waals surface area contributed by atoms with Gasteiger partial charge in [0.1, 0.15) is 6.26 Å². The highest BCUT2D eigenvalue weighted by molar-refractivity contribution is 6.30. The highest BCUT2D eigenvalue weighted by Gasteiger charge is 2.02. The van der Waals surface area contributed by atoms with Crippen LogP contribution >= 0.6 is 11.6 Å². The Morgan fingerprint density at radius 3 is 2.73 bits per heavy atom. The van der Waals surface area contributed by atoms with E-state index < -0.39 is 0 Å². The van der Waals surface area contributed by atoms with Gasteiger partial charge in [-0.3, -0.25) is 4.79 Å². The lowest BCUT2D eigenvalue weighted by molar-refractivity contribution is -0.137. The molecule has 0 N–H and O–H groups in total. The first-order valence-corrected chi connectivity index (χ1v) is 4.89. The molecule has 0 amide bonds. The van der Waals surface area contributed by atoms with Crippen LogP contribution in [0.2, 0.25) is 5.02 Å². The Morgan fingerprint density at radius 2 is 2.13 bits per heavy atom. The Kier molecular flexibility index (Phi) is 4.69. The summed E-state index contributed by atoms with van der Waals surface area (Å²) < 4.78 is 4.78. The van der Waals surface area contributed by atoms with Crippen LogP contribution in [-0.4, -0.2) is 5.97 Å². The minimum absolute atomic E-state index is 0.235. The largest absolute Gasteiger partial charge is 0.426 e. The molecule has 0 aliphatic carbocycles. The number of carbonyl (C=O) groups excluding carboxylic acids is 1. The van der Waals surface area contributed by atoms with Crippen LogP contribution in [0.15, 0.2) is 42.3 Å². The molecule has 0 aliphatic rings. The van der Waals surface area contributed by atoms with Gasteiger partial charge in [0.15, 0.2) is 0 Å². The fourth-order valence-electron chi connectivity index (χ4n) is 0.978. The van der Waals surface area contributed by atoms with Crippen LogP contribution in [0.5, 0.6) is 0 Å². The SMILES string of the molecule is CC=C=COC(=O)Cc1ccc(Cl)cc1. The molecule has 0 aromatic heterocycles. The molecule has 0 heterocycles. The molecule has 0 saturated heterocycles. The maximum Gasteiger partial charge on any atom is 0.315 e. The summed E-state index contributed by atoms with van der Waals surface area (Å²) in [5.74, 6) is -0.313. The summed E-state index contributed by atoms with van der Waals surface area (Å²) in [4.78, 5) is 11.2. The smallest absolute Gasteiger partial charge is 0.315 e. The molecule has 78 valence electrons. The quantitative estimate of drug-likeness (QED) is 0.446. The molecule has 0 aliphatic heterocycles. The van der Waals surface area contributed by atoms with Gasteiger partial charge >= 0.3 is 5.97 Å². The van der Waals surface area contributed by atoms with Crippen LogP contribution in [-0.2, 0) is 16.0 Å². The van der Waals surface area contributed by atoms with Crippen LogP contribution in [0.1, 0.15) is 12.5 Å². The second-order valence-corrected chi connectivity index (χ2v) is 3.30. The van der Waals surface area contributed by atoms with Gasteiger partial charge in [-0.05, 0) is 30.7 Å². The van der Waals surface area contributed by atoms with E-state index in [1.807, 2.05) is 0 Å². The highest BCUT2D eigenvalue weighted by Crippen LogP contribution is 2.10. The van der Waals surface area contributed by atoms with E-state index >= 15 is 0 Å². The van der Waals surface area contributed by atoms with Gasteiger partial charge in [-0.1, -0.05) is 29.5 Å². The summed E-state index contributed by atoms with van der Waals surface area (Å²) in [5, 5.41) is 0.654. The van der Waals surface area contributed by atoms with Crippen molar-refractivity contribution in [3.63, 3.8) is 0 Å². The monoisotopic (exact) mass is 222 g/mol. The number of esters is 1. The summed E-state index contributed by atoms with van der Waals surface area (Å²) in [7, 11) is 0. The van der Waals surface area contributed by atoms with Crippen molar-refractivity contribution >= 4 is 17.6 Å². The summed E-state index contributed by atoms with van der Waals surface area (Å²) in [5.41, 5.74) is 3.53. The molecule has 0 unspecified atom stereocenters. The number of halogens is 1. The average Bonchev–Trinajstić information content (AvgIpc) is 2.22. The lowest BCUT2D eigenvalue weighted by atomic mass is 10.2. The van der Waals surface area contributed by atoms with Gasteiger partial charge in [-0.2, -0.15) is 0 Å². The molecular formula is C12H11ClO2. The fraction of sp³-hybridized carbons (Fsp3) is 0.167. The second-order valence-electron chi connectivity index (χ2n) is 2.87. The Bertz CT molecular complexity index is 387. The summed E-state index contributed by atoms with van der Waals surface area (Å²) >= 11 is 5.71. The zero-order chi connectivity index (χ0) is 11.1. The van der Waals surface area contributed by atoms with E-state index in [2.05, 4.69) is 5.73 Å². The van der Waals surface area contributed by atoms with Crippen molar-refractivity contribution < 1.29 is 9.53 Å². The summed E-state index contributed by atoms with van der Waals surface area (Å²) in [6.07, 6.45) is 3.15. The van der Waals surface area contributed by atoms with Gasteiger partial charge in [0.2, 0.25) is 0 Å². The Balaban J connectivity index is 2.51. The van der Waals surface area contributed by atoms with Crippen LogP contribution < -0.4 is 0 Å². The van der Waals surface area contributed by atoms with E-state index in [1.54, 1.807) is 37.3 Å². The molecule has 0 saturated carbocycles. The Morgan fingerprint density at radius 1 is 1.47 bits per heavy atom. The number of ether oxygens (including phenoxy) is 1. The van der Waals surface area contributed by atoms with Gasteiger partial charge in [0.25, 0.3) is 0 Å². The predicted molar refractivity (Wildman–Crippen MR) is 59.6 cm³/mol. The fourth-order valence-corrected chi connectivity index (χ4v) is 1.10. The maximum atomic E-state index is 11.2. The van der Waals surface area contributed by atoms with E-state index in [9.17, 15) is 4.79 Å². The second kappa shape index (κ2) is 6.07. The number of allylic oxidation sites excluding steroid dienone is 1. The van der Waals surface area contributed by atoms with Crippen LogP contribution in [0.4, 0.5) is 0 Å². The van der Waals surface area contributed by atoms with E-state index in [4.69, 9.17) is 16.3 Å². The minimum atomic E-state index is -0.313. The molecule has 15 heavy (non-hydrogen) atoms. The molecule has 3 heteroatoms. The lowest BCUT2D eigenvalue weighted by Crippen LogP contribution is -2.03. The van der Waals surface area contributed by atoms with Crippen molar-refractivity contribution in [2.45, 2.75) is 13.3 Å². The normalized spacial score (nSPS) is 8.93. The molecule has 2 nitrogen and oxygen atoms in total. The third kappa shape index (κ3) is 4.50. The van der Waals surface area contributed by atoms with Gasteiger partial charge in [0.05, 0.1) is 6.42 Å². The van der Waals surface area contributed by atoms with Crippen molar-refractivity contribution in [1.82, 2.24) is 0 Å². The van der Waals surface area contributed by atoms with Crippen molar-refractivity contribution in [3.8, 4) is 0 Å². The van der Waals surface area contributed by atoms with Crippen molar-refractivity contribution in [1.29, 1.82) is 0 Å². The number of benzene rings is 1. The van der Waals surface area contributed by atoms with Crippen molar-refractivity contribution in [2.24, 2.45) is 0 Å². The molecule has 0 atom stereocenters. The zero-order valence-corrected chi connectivity index (χ0v) is 9.12. The standard InChI is InChI=1S/C12H11ClO2/c1-2-3-8-15-12(14)9-10-4-6-11(13)7-5-10/h2,4-8H,9H2,1H3. The van der Waals surface area contributed by atoms with Gasteiger partial charge in [-0.25, -0.2) is 0 Å². The molecule has 0 bridgehead atoms. The molecule has 1 aromatic carbocycles. The maximum absolute atomic E-state index is 11.2.